The van der Waals surface area contributed by atoms with E-state index in [0.717, 1.165) is 19.3 Å². The maximum atomic E-state index is 13.3. The number of nitrogens with one attached hydrogen (secondary N) is 3. The highest BCUT2D eigenvalue weighted by atomic mass is 16.7. The van der Waals surface area contributed by atoms with E-state index in [2.05, 4.69) is 36.6 Å². The number of aromatic carboxylic acids is 1. The number of carboxylic acids is 1. The summed E-state index contributed by atoms with van der Waals surface area (Å²) in [6, 6.07) is 13.5. The number of carbonyl (C=O) groups excluding carboxylic acids is 2. The van der Waals surface area contributed by atoms with Crippen molar-refractivity contribution in [1.29, 1.82) is 5.41 Å². The van der Waals surface area contributed by atoms with E-state index in [9.17, 15) is 19.5 Å². The zero-order valence-electron chi connectivity index (χ0n) is 23.5. The predicted molar refractivity (Wildman–Crippen MR) is 155 cm³/mol. The van der Waals surface area contributed by atoms with Crippen LogP contribution in [0.15, 0.2) is 54.6 Å². The second kappa shape index (κ2) is 13.5. The number of benzene rings is 2. The van der Waals surface area contributed by atoms with Crippen LogP contribution in [0.4, 0.5) is 5.69 Å². The lowest BCUT2D eigenvalue weighted by atomic mass is 9.81. The standard InChI is InChI=1S/C30H35N5O6/c1-5-30(6-2,7-3)17-41-35-27(36)19-10-13-21(23(16-19)29(38)39)22-14-15-24(40-4)34-25(22)28(37)33-20-11-8-18(9-12-20)26(31)32/h8-16H,5-7,17H2,1-4H3,(H3,31,32)(H,33,37)(H,35,36)(H,38,39). The molecule has 0 radical (unpaired) electrons. The molecule has 3 rings (SSSR count). The monoisotopic (exact) mass is 561 g/mol. The Balaban J connectivity index is 1.92. The predicted octanol–water partition coefficient (Wildman–Crippen LogP) is 4.87. The van der Waals surface area contributed by atoms with E-state index < -0.39 is 17.8 Å². The van der Waals surface area contributed by atoms with Gasteiger partial charge in [0.15, 0.2) is 0 Å². The molecule has 0 fully saturated rings. The van der Waals surface area contributed by atoms with E-state index >= 15 is 0 Å². The molecule has 11 nitrogen and oxygen atoms in total. The molecule has 0 bridgehead atoms. The number of hydrogen-bond acceptors (Lipinski definition) is 7. The van der Waals surface area contributed by atoms with E-state index in [-0.39, 0.29) is 45.1 Å². The van der Waals surface area contributed by atoms with Gasteiger partial charge in [-0.1, -0.05) is 26.8 Å². The first-order chi connectivity index (χ1) is 19.6. The molecule has 0 saturated heterocycles. The maximum absolute atomic E-state index is 13.3. The van der Waals surface area contributed by atoms with Crippen molar-refractivity contribution in [2.24, 2.45) is 11.1 Å². The normalized spacial score (nSPS) is 11.0. The third-order valence-electron chi connectivity index (χ3n) is 7.34. The number of nitrogen functional groups attached to an aromatic ring is 1. The molecule has 3 aromatic rings. The van der Waals surface area contributed by atoms with Crippen molar-refractivity contribution in [3.8, 4) is 17.0 Å². The molecule has 0 aliphatic rings. The first-order valence-corrected chi connectivity index (χ1v) is 13.2. The number of nitrogens with zero attached hydrogens (tertiary/aromatic N) is 1. The van der Waals surface area contributed by atoms with Gasteiger partial charge in [0.25, 0.3) is 11.8 Å². The van der Waals surface area contributed by atoms with Crippen molar-refractivity contribution in [1.82, 2.24) is 10.5 Å². The van der Waals surface area contributed by atoms with Gasteiger partial charge in [0.05, 0.1) is 19.3 Å². The summed E-state index contributed by atoms with van der Waals surface area (Å²) >= 11 is 0. The fourth-order valence-electron chi connectivity index (χ4n) is 4.34. The highest BCUT2D eigenvalue weighted by Gasteiger charge is 2.26. The van der Waals surface area contributed by atoms with E-state index in [1.165, 1.54) is 37.4 Å². The van der Waals surface area contributed by atoms with Gasteiger partial charge in [0.2, 0.25) is 5.88 Å². The van der Waals surface area contributed by atoms with Crippen LogP contribution in [0.3, 0.4) is 0 Å². The Hall–Kier alpha value is -4.77. The molecular weight excluding hydrogens is 526 g/mol. The number of ether oxygens (including phenoxy) is 1. The molecule has 0 unspecified atom stereocenters. The van der Waals surface area contributed by atoms with Crippen LogP contribution in [0.2, 0.25) is 0 Å². The summed E-state index contributed by atoms with van der Waals surface area (Å²) in [6.45, 7) is 6.55. The summed E-state index contributed by atoms with van der Waals surface area (Å²) in [6.07, 6.45) is 2.68. The molecule has 1 aromatic heterocycles. The van der Waals surface area contributed by atoms with Gasteiger partial charge in [0.1, 0.15) is 11.5 Å². The van der Waals surface area contributed by atoms with E-state index in [1.54, 1.807) is 24.3 Å². The van der Waals surface area contributed by atoms with Crippen LogP contribution in [0.1, 0.15) is 76.8 Å². The highest BCUT2D eigenvalue weighted by Crippen LogP contribution is 2.31. The zero-order valence-corrected chi connectivity index (χ0v) is 23.5. The van der Waals surface area contributed by atoms with Crippen LogP contribution >= 0.6 is 0 Å². The molecule has 0 aliphatic carbocycles. The summed E-state index contributed by atoms with van der Waals surface area (Å²) in [5.74, 6) is -2.46. The first kappa shape index (κ1) is 30.8. The Morgan fingerprint density at radius 3 is 2.10 bits per heavy atom. The lowest BCUT2D eigenvalue weighted by Gasteiger charge is -2.29. The average Bonchev–Trinajstić information content (AvgIpc) is 2.99. The number of pyridine rings is 1. The van der Waals surface area contributed by atoms with Crippen LogP contribution < -0.4 is 21.3 Å². The SMILES string of the molecule is CCC(CC)(CC)CONC(=O)c1ccc(-c2ccc(OC)nc2C(=O)Nc2ccc(C(=N)N)cc2)c(C(=O)O)c1. The van der Waals surface area contributed by atoms with Crippen LogP contribution in [0.25, 0.3) is 11.1 Å². The molecule has 0 aliphatic heterocycles. The summed E-state index contributed by atoms with van der Waals surface area (Å²) in [7, 11) is 1.40. The molecule has 0 atom stereocenters. The fourth-order valence-corrected chi connectivity index (χ4v) is 4.34. The number of amides is 2. The molecular formula is C30H35N5O6. The Labute approximate surface area is 238 Å². The van der Waals surface area contributed by atoms with Crippen molar-refractivity contribution in [2.75, 3.05) is 19.0 Å². The molecule has 1 heterocycles. The number of amidine groups is 1. The minimum atomic E-state index is -1.29. The van der Waals surface area contributed by atoms with Crippen LogP contribution in [-0.4, -0.2) is 47.4 Å². The van der Waals surface area contributed by atoms with Crippen LogP contribution in [0.5, 0.6) is 5.88 Å². The second-order valence-corrected chi connectivity index (χ2v) is 9.54. The first-order valence-electron chi connectivity index (χ1n) is 13.2. The van der Waals surface area contributed by atoms with Gasteiger partial charge >= 0.3 is 5.97 Å². The van der Waals surface area contributed by atoms with Gasteiger partial charge < -0.3 is 20.9 Å². The molecule has 11 heteroatoms. The molecule has 0 saturated carbocycles. The number of carboxylic acid groups (broad SMARTS) is 1. The number of rotatable bonds is 13. The lowest BCUT2D eigenvalue weighted by molar-refractivity contribution is -0.0184. The number of anilines is 1. The van der Waals surface area contributed by atoms with E-state index in [4.69, 9.17) is 20.7 Å². The molecule has 0 spiro atoms. The van der Waals surface area contributed by atoms with Crippen LogP contribution in [0, 0.1) is 10.8 Å². The number of nitrogens with two attached hydrogens (primary N) is 1. The topological polar surface area (TPSA) is 177 Å². The van der Waals surface area contributed by atoms with Crippen LogP contribution in [-0.2, 0) is 4.84 Å². The van der Waals surface area contributed by atoms with Crippen molar-refractivity contribution in [3.63, 3.8) is 0 Å². The van der Waals surface area contributed by atoms with Crippen molar-refractivity contribution in [2.45, 2.75) is 40.0 Å². The summed E-state index contributed by atoms with van der Waals surface area (Å²) in [5, 5.41) is 20.2. The van der Waals surface area contributed by atoms with Crippen molar-refractivity contribution >= 4 is 29.3 Å². The average molecular weight is 562 g/mol. The van der Waals surface area contributed by atoms with Gasteiger partial charge in [-0.05, 0) is 72.7 Å². The Kier molecular flexibility index (Phi) is 10.2. The maximum Gasteiger partial charge on any atom is 0.336 e. The second-order valence-electron chi connectivity index (χ2n) is 9.54. The van der Waals surface area contributed by atoms with Gasteiger partial charge in [0, 0.05) is 28.4 Å². The molecule has 41 heavy (non-hydrogen) atoms. The molecule has 216 valence electrons. The summed E-state index contributed by atoms with van der Waals surface area (Å²) < 4.78 is 5.19. The van der Waals surface area contributed by atoms with Gasteiger partial charge in [-0.15, -0.1) is 0 Å². The Morgan fingerprint density at radius 2 is 1.54 bits per heavy atom. The summed E-state index contributed by atoms with van der Waals surface area (Å²) in [5.41, 5.74) is 8.97. The molecule has 2 amide bonds. The summed E-state index contributed by atoms with van der Waals surface area (Å²) in [4.78, 5) is 48.2. The Morgan fingerprint density at radius 1 is 0.927 bits per heavy atom. The van der Waals surface area contributed by atoms with Gasteiger partial charge in [-0.2, -0.15) is 0 Å². The highest BCUT2D eigenvalue weighted by molar-refractivity contribution is 6.10. The van der Waals surface area contributed by atoms with Crippen molar-refractivity contribution in [3.05, 3.63) is 77.0 Å². The van der Waals surface area contributed by atoms with Gasteiger partial charge in [-0.25, -0.2) is 15.3 Å². The number of methoxy groups -OCH3 is 1. The van der Waals surface area contributed by atoms with Crippen molar-refractivity contribution < 1.29 is 29.1 Å². The van der Waals surface area contributed by atoms with E-state index in [0.29, 0.717) is 17.9 Å². The fraction of sp³-hybridized carbons (Fsp3) is 0.300. The molecule has 6 N–H and O–H groups in total. The number of aromatic nitrogens is 1. The lowest BCUT2D eigenvalue weighted by Crippen LogP contribution is -2.32. The minimum absolute atomic E-state index is 0.0584. The third kappa shape index (κ3) is 7.25. The number of carbonyl (C=O) groups is 3. The van der Waals surface area contributed by atoms with Gasteiger partial charge in [-0.3, -0.25) is 19.8 Å². The number of hydroxylamine groups is 1. The smallest absolute Gasteiger partial charge is 0.336 e. The third-order valence-corrected chi connectivity index (χ3v) is 7.34. The largest absolute Gasteiger partial charge is 0.481 e. The molecule has 2 aromatic carbocycles. The van der Waals surface area contributed by atoms with E-state index in [1.807, 2.05) is 0 Å². The quantitative estimate of drug-likeness (QED) is 0.111. The Bertz CT molecular complexity index is 1430. The number of hydrogen-bond donors (Lipinski definition) is 5. The minimum Gasteiger partial charge on any atom is -0.481 e. The zero-order chi connectivity index (χ0) is 30.2.